The number of rotatable bonds is 6. The smallest absolute Gasteiger partial charge is 0.260 e. The Balaban J connectivity index is 1.54. The number of carbonyl (C=O) groups is 1. The van der Waals surface area contributed by atoms with Gasteiger partial charge in [-0.3, -0.25) is 9.59 Å². The fourth-order valence-electron chi connectivity index (χ4n) is 3.71. The first-order valence-electron chi connectivity index (χ1n) is 9.48. The lowest BCUT2D eigenvalue weighted by molar-refractivity contribution is 0.0682. The largest absolute Gasteiger partial charge is 0.377 e. The van der Waals surface area contributed by atoms with Crippen LogP contribution in [0.1, 0.15) is 46.8 Å². The second-order valence-corrected chi connectivity index (χ2v) is 7.31. The van der Waals surface area contributed by atoms with Gasteiger partial charge in [0.05, 0.1) is 0 Å². The Hall–Kier alpha value is -2.41. The van der Waals surface area contributed by atoms with Crippen LogP contribution in [0.2, 0.25) is 0 Å². The second-order valence-electron chi connectivity index (χ2n) is 7.31. The van der Waals surface area contributed by atoms with Crippen molar-refractivity contribution in [1.82, 2.24) is 19.4 Å². The van der Waals surface area contributed by atoms with Crippen molar-refractivity contribution < 1.29 is 9.53 Å². The first-order chi connectivity index (χ1) is 13.0. The van der Waals surface area contributed by atoms with Gasteiger partial charge in [0, 0.05) is 44.3 Å². The van der Waals surface area contributed by atoms with Crippen molar-refractivity contribution in [3.05, 3.63) is 51.5 Å². The molecule has 7 heteroatoms. The molecule has 0 aliphatic carbocycles. The van der Waals surface area contributed by atoms with Crippen LogP contribution in [0.25, 0.3) is 0 Å². The third kappa shape index (κ3) is 4.47. The van der Waals surface area contributed by atoms with E-state index in [1.54, 1.807) is 31.1 Å². The maximum atomic E-state index is 12.6. The molecule has 0 unspecified atom stereocenters. The van der Waals surface area contributed by atoms with Crippen LogP contribution in [0.15, 0.2) is 23.1 Å². The summed E-state index contributed by atoms with van der Waals surface area (Å²) in [7, 11) is 1.68. The summed E-state index contributed by atoms with van der Waals surface area (Å²) in [6.45, 7) is 6.70. The predicted molar refractivity (Wildman–Crippen MR) is 103 cm³/mol. The summed E-state index contributed by atoms with van der Waals surface area (Å²) in [6, 6.07) is 3.40. The minimum Gasteiger partial charge on any atom is -0.377 e. The van der Waals surface area contributed by atoms with Crippen LogP contribution >= 0.6 is 0 Å². The summed E-state index contributed by atoms with van der Waals surface area (Å²) in [4.78, 5) is 33.5. The number of pyridine rings is 1. The minimum atomic E-state index is -0.302. The Labute approximate surface area is 159 Å². The molecule has 0 bridgehead atoms. The van der Waals surface area contributed by atoms with Crippen molar-refractivity contribution >= 4 is 5.91 Å². The molecule has 1 saturated heterocycles. The SMILES string of the molecule is COCc1ncc(C)n1CCC1CCN(C(=O)c2ccc(C)[nH]c2=O)CC1. The minimum absolute atomic E-state index is 0.164. The van der Waals surface area contributed by atoms with Gasteiger partial charge in [0.2, 0.25) is 0 Å². The lowest BCUT2D eigenvalue weighted by Gasteiger charge is -2.32. The number of H-pyrrole nitrogens is 1. The van der Waals surface area contributed by atoms with Gasteiger partial charge in [-0.2, -0.15) is 0 Å². The van der Waals surface area contributed by atoms with E-state index in [1.807, 2.05) is 6.20 Å². The highest BCUT2D eigenvalue weighted by molar-refractivity contribution is 5.93. The maximum absolute atomic E-state index is 12.6. The first kappa shape index (κ1) is 19.4. The highest BCUT2D eigenvalue weighted by Gasteiger charge is 2.25. The molecule has 7 nitrogen and oxygen atoms in total. The van der Waals surface area contributed by atoms with Gasteiger partial charge in [0.15, 0.2) is 0 Å². The number of nitrogens with zero attached hydrogens (tertiary/aromatic N) is 3. The van der Waals surface area contributed by atoms with E-state index in [-0.39, 0.29) is 17.0 Å². The number of aryl methyl sites for hydroxylation is 2. The van der Waals surface area contributed by atoms with Crippen LogP contribution in [-0.4, -0.2) is 45.5 Å². The number of amides is 1. The van der Waals surface area contributed by atoms with Crippen molar-refractivity contribution in [2.75, 3.05) is 20.2 Å². The second kappa shape index (κ2) is 8.52. The van der Waals surface area contributed by atoms with Crippen molar-refractivity contribution in [2.45, 2.75) is 46.3 Å². The number of hydrogen-bond donors (Lipinski definition) is 1. The Bertz CT molecular complexity index is 847. The van der Waals surface area contributed by atoms with Crippen molar-refractivity contribution in [3.63, 3.8) is 0 Å². The molecule has 1 aliphatic heterocycles. The zero-order valence-corrected chi connectivity index (χ0v) is 16.3. The number of aromatic amines is 1. The monoisotopic (exact) mass is 372 g/mol. The number of imidazole rings is 1. The molecule has 1 amide bonds. The molecule has 0 atom stereocenters. The van der Waals surface area contributed by atoms with Crippen molar-refractivity contribution in [3.8, 4) is 0 Å². The molecule has 1 fully saturated rings. The average Bonchev–Trinajstić information content (AvgIpc) is 3.00. The maximum Gasteiger partial charge on any atom is 0.260 e. The summed E-state index contributed by atoms with van der Waals surface area (Å²) in [5.41, 5.74) is 1.84. The van der Waals surface area contributed by atoms with Gasteiger partial charge in [-0.15, -0.1) is 0 Å². The van der Waals surface area contributed by atoms with Crippen LogP contribution in [0, 0.1) is 19.8 Å². The molecule has 0 radical (unpaired) electrons. The van der Waals surface area contributed by atoms with E-state index in [9.17, 15) is 9.59 Å². The van der Waals surface area contributed by atoms with E-state index in [1.165, 1.54) is 0 Å². The molecule has 2 aromatic rings. The molecule has 3 rings (SSSR count). The zero-order chi connectivity index (χ0) is 19.4. The van der Waals surface area contributed by atoms with Gasteiger partial charge >= 0.3 is 0 Å². The number of aromatic nitrogens is 3. The molecule has 0 spiro atoms. The summed E-state index contributed by atoms with van der Waals surface area (Å²) in [6.07, 6.45) is 4.86. The number of piperidine rings is 1. The normalized spacial score (nSPS) is 15.3. The number of likely N-dealkylation sites (tertiary alicyclic amines) is 1. The number of methoxy groups -OCH3 is 1. The van der Waals surface area contributed by atoms with Gasteiger partial charge in [-0.1, -0.05) is 0 Å². The predicted octanol–water partition coefficient (Wildman–Crippen LogP) is 2.28. The Morgan fingerprint density at radius 1 is 1.30 bits per heavy atom. The Morgan fingerprint density at radius 3 is 2.70 bits per heavy atom. The summed E-state index contributed by atoms with van der Waals surface area (Å²) in [5, 5.41) is 0. The topological polar surface area (TPSA) is 80.2 Å². The summed E-state index contributed by atoms with van der Waals surface area (Å²) < 4.78 is 7.43. The van der Waals surface area contributed by atoms with Crippen molar-refractivity contribution in [2.24, 2.45) is 5.92 Å². The van der Waals surface area contributed by atoms with E-state index in [2.05, 4.69) is 21.5 Å². The summed E-state index contributed by atoms with van der Waals surface area (Å²) >= 11 is 0. The standard InChI is InChI=1S/C20H28N4O3/c1-14-4-5-17(19(25)22-14)20(26)23-9-6-16(7-10-23)8-11-24-15(2)12-21-18(24)13-27-3/h4-5,12,16H,6-11,13H2,1-3H3,(H,22,25). The van der Waals surface area contributed by atoms with Gasteiger partial charge < -0.3 is 19.2 Å². The molecule has 146 valence electrons. The van der Waals surface area contributed by atoms with E-state index in [4.69, 9.17) is 4.74 Å². The fraction of sp³-hybridized carbons (Fsp3) is 0.550. The number of nitrogens with one attached hydrogen (secondary N) is 1. The van der Waals surface area contributed by atoms with Gasteiger partial charge in [-0.05, 0) is 51.2 Å². The third-order valence-corrected chi connectivity index (χ3v) is 5.36. The van der Waals surface area contributed by atoms with Gasteiger partial charge in [-0.25, -0.2) is 4.98 Å². The van der Waals surface area contributed by atoms with E-state index >= 15 is 0 Å². The first-order valence-corrected chi connectivity index (χ1v) is 9.48. The average molecular weight is 372 g/mol. The summed E-state index contributed by atoms with van der Waals surface area (Å²) in [5.74, 6) is 1.37. The van der Waals surface area contributed by atoms with E-state index in [0.29, 0.717) is 25.6 Å². The van der Waals surface area contributed by atoms with Crippen LogP contribution < -0.4 is 5.56 Å². The highest BCUT2D eigenvalue weighted by Crippen LogP contribution is 2.23. The van der Waals surface area contributed by atoms with Crippen LogP contribution in [-0.2, 0) is 17.9 Å². The van der Waals surface area contributed by atoms with E-state index < -0.39 is 0 Å². The molecule has 1 N–H and O–H groups in total. The molecule has 1 aliphatic rings. The molecule has 3 heterocycles. The van der Waals surface area contributed by atoms with Crippen LogP contribution in [0.5, 0.6) is 0 Å². The fourth-order valence-corrected chi connectivity index (χ4v) is 3.71. The molecule has 0 aromatic carbocycles. The molecule has 2 aromatic heterocycles. The molecule has 27 heavy (non-hydrogen) atoms. The lowest BCUT2D eigenvalue weighted by Crippen LogP contribution is -2.40. The highest BCUT2D eigenvalue weighted by atomic mass is 16.5. The Morgan fingerprint density at radius 2 is 2.04 bits per heavy atom. The molecular weight excluding hydrogens is 344 g/mol. The number of carbonyl (C=O) groups excluding carboxylic acids is 1. The van der Waals surface area contributed by atoms with E-state index in [0.717, 1.165) is 43.0 Å². The van der Waals surface area contributed by atoms with Gasteiger partial charge in [0.25, 0.3) is 11.5 Å². The van der Waals surface area contributed by atoms with Crippen molar-refractivity contribution in [1.29, 1.82) is 0 Å². The quantitative estimate of drug-likeness (QED) is 0.844. The van der Waals surface area contributed by atoms with Crippen LogP contribution in [0.4, 0.5) is 0 Å². The molecular formula is C20H28N4O3. The lowest BCUT2D eigenvalue weighted by atomic mass is 9.93. The molecule has 0 saturated carbocycles. The number of hydrogen-bond acceptors (Lipinski definition) is 4. The number of ether oxygens (including phenoxy) is 1. The zero-order valence-electron chi connectivity index (χ0n) is 16.3. The van der Waals surface area contributed by atoms with Gasteiger partial charge in [0.1, 0.15) is 18.0 Å². The third-order valence-electron chi connectivity index (χ3n) is 5.36. The Kier molecular flexibility index (Phi) is 6.11. The van der Waals surface area contributed by atoms with Crippen LogP contribution in [0.3, 0.4) is 0 Å².